The van der Waals surface area contributed by atoms with E-state index in [1.807, 2.05) is 0 Å². The minimum absolute atomic E-state index is 0.0910. The Hall–Kier alpha value is -2.01. The molecule has 1 aromatic rings. The summed E-state index contributed by atoms with van der Waals surface area (Å²) in [6.45, 7) is 4.47. The van der Waals surface area contributed by atoms with E-state index in [1.54, 1.807) is 0 Å². The highest BCUT2D eigenvalue weighted by molar-refractivity contribution is 5.37. The van der Waals surface area contributed by atoms with Crippen molar-refractivity contribution in [3.63, 3.8) is 0 Å². The zero-order valence-corrected chi connectivity index (χ0v) is 19.9. The zero-order chi connectivity index (χ0) is 31.7. The lowest BCUT2D eigenvalue weighted by Crippen LogP contribution is -2.74. The number of aliphatic hydroxyl groups is 1. The largest absolute Gasteiger partial charge is 0.460 e. The fourth-order valence-electron chi connectivity index (χ4n) is 3.44. The molecule has 0 heterocycles. The number of rotatable bonds is 9. The first kappa shape index (κ1) is 35.0. The second kappa shape index (κ2) is 9.26. The van der Waals surface area contributed by atoms with E-state index in [9.17, 15) is 79.7 Å². The Labute approximate surface area is 209 Å². The molecule has 1 atom stereocenters. The molecule has 1 unspecified atom stereocenters. The first-order valence-electron chi connectivity index (χ1n) is 10.2. The SMILES string of the molecule is CC(C)(C)c1ccccc1C(C)(O)CC(F)(F)C(F)(F)C(F)(F)C(F)(F)C(F)(F)C(F)(F)C(F)(F)C(F)(F)F. The van der Waals surface area contributed by atoms with Gasteiger partial charge in [0.25, 0.3) is 0 Å². The lowest BCUT2D eigenvalue weighted by molar-refractivity contribution is -0.462. The standard InChI is InChI=1S/C21H19F17O/c1-12(2,3)10-7-5-6-8-11(10)13(4,39)9-14(22,23)15(24,25)16(26,27)17(28,29)18(30,31)19(32,33)20(34,35)21(36,37)38/h5-8,39H,9H2,1-4H3. The van der Waals surface area contributed by atoms with Crippen LogP contribution in [0.1, 0.15) is 45.2 Å². The number of benzene rings is 1. The highest BCUT2D eigenvalue weighted by Gasteiger charge is 2.95. The lowest BCUT2D eigenvalue weighted by Gasteiger charge is -2.43. The quantitative estimate of drug-likeness (QED) is 0.278. The molecule has 0 aliphatic carbocycles. The maximum atomic E-state index is 14.5. The average molecular weight is 610 g/mol. The van der Waals surface area contributed by atoms with Crippen molar-refractivity contribution in [3.8, 4) is 0 Å². The van der Waals surface area contributed by atoms with Crippen LogP contribution in [-0.4, -0.2) is 52.7 Å². The van der Waals surface area contributed by atoms with Gasteiger partial charge in [0.1, 0.15) is 0 Å². The van der Waals surface area contributed by atoms with Gasteiger partial charge in [0.05, 0.1) is 12.0 Å². The van der Waals surface area contributed by atoms with Gasteiger partial charge in [-0.1, -0.05) is 45.0 Å². The summed E-state index contributed by atoms with van der Waals surface area (Å²) in [5.74, 6) is -57.1. The van der Waals surface area contributed by atoms with E-state index >= 15 is 0 Å². The third kappa shape index (κ3) is 5.13. The van der Waals surface area contributed by atoms with Gasteiger partial charge in [-0.05, 0) is 23.5 Å². The van der Waals surface area contributed by atoms with Crippen molar-refractivity contribution in [2.45, 2.75) is 92.8 Å². The van der Waals surface area contributed by atoms with E-state index < -0.39 is 70.6 Å². The Balaban J connectivity index is 3.70. The fraction of sp³-hybridized carbons (Fsp3) is 0.714. The van der Waals surface area contributed by atoms with Crippen LogP contribution in [0, 0.1) is 0 Å². The van der Waals surface area contributed by atoms with Crippen LogP contribution in [-0.2, 0) is 11.0 Å². The Bertz CT molecular complexity index is 1030. The second-order valence-corrected chi connectivity index (χ2v) is 9.89. The molecule has 39 heavy (non-hydrogen) atoms. The molecule has 0 spiro atoms. The minimum Gasteiger partial charge on any atom is -0.385 e. The highest BCUT2D eigenvalue weighted by Crippen LogP contribution is 2.64. The summed E-state index contributed by atoms with van der Waals surface area (Å²) in [7, 11) is 0. The summed E-state index contributed by atoms with van der Waals surface area (Å²) in [5, 5.41) is 10.4. The summed E-state index contributed by atoms with van der Waals surface area (Å²) in [5.41, 5.74) is -5.19. The van der Waals surface area contributed by atoms with E-state index in [1.165, 1.54) is 26.8 Å². The fourth-order valence-corrected chi connectivity index (χ4v) is 3.44. The molecule has 18 heteroatoms. The summed E-state index contributed by atoms with van der Waals surface area (Å²) in [6.07, 6.45) is -10.8. The third-order valence-electron chi connectivity index (χ3n) is 5.67. The van der Waals surface area contributed by atoms with Crippen LogP contribution in [0.5, 0.6) is 0 Å². The van der Waals surface area contributed by atoms with Crippen molar-refractivity contribution in [2.75, 3.05) is 0 Å². The Kier molecular flexibility index (Phi) is 8.31. The van der Waals surface area contributed by atoms with Crippen molar-refractivity contribution in [2.24, 2.45) is 0 Å². The molecule has 0 aromatic heterocycles. The second-order valence-electron chi connectivity index (χ2n) is 9.89. The first-order valence-corrected chi connectivity index (χ1v) is 10.2. The molecule has 0 saturated carbocycles. The molecule has 228 valence electrons. The van der Waals surface area contributed by atoms with Crippen LogP contribution in [0.25, 0.3) is 0 Å². The van der Waals surface area contributed by atoms with Gasteiger partial charge in [-0.3, -0.25) is 0 Å². The summed E-state index contributed by atoms with van der Waals surface area (Å²) in [6, 6.07) is 4.24. The van der Waals surface area contributed by atoms with Gasteiger partial charge < -0.3 is 5.11 Å². The Morgan fingerprint density at radius 3 is 1.13 bits per heavy atom. The van der Waals surface area contributed by atoms with Gasteiger partial charge in [-0.25, -0.2) is 0 Å². The molecular weight excluding hydrogens is 591 g/mol. The number of hydrogen-bond donors (Lipinski definition) is 1. The third-order valence-corrected chi connectivity index (χ3v) is 5.67. The smallest absolute Gasteiger partial charge is 0.385 e. The lowest BCUT2D eigenvalue weighted by atomic mass is 9.76. The van der Waals surface area contributed by atoms with Gasteiger partial charge >= 0.3 is 47.6 Å². The van der Waals surface area contributed by atoms with Crippen LogP contribution in [0.2, 0.25) is 0 Å². The molecule has 1 N–H and O–H groups in total. The van der Waals surface area contributed by atoms with Crippen molar-refractivity contribution in [1.29, 1.82) is 0 Å². The van der Waals surface area contributed by atoms with E-state index in [0.29, 0.717) is 6.92 Å². The van der Waals surface area contributed by atoms with E-state index in [4.69, 9.17) is 0 Å². The summed E-state index contributed by atoms with van der Waals surface area (Å²) in [4.78, 5) is 0. The number of hydrogen-bond acceptors (Lipinski definition) is 1. The minimum atomic E-state index is -8.69. The van der Waals surface area contributed by atoms with Crippen molar-refractivity contribution in [3.05, 3.63) is 35.4 Å². The maximum absolute atomic E-state index is 14.5. The zero-order valence-electron chi connectivity index (χ0n) is 19.9. The van der Waals surface area contributed by atoms with Crippen LogP contribution in [0.3, 0.4) is 0 Å². The van der Waals surface area contributed by atoms with Gasteiger partial charge in [0, 0.05) is 0 Å². The van der Waals surface area contributed by atoms with E-state index in [-0.39, 0.29) is 5.56 Å². The molecule has 1 nitrogen and oxygen atoms in total. The van der Waals surface area contributed by atoms with Crippen LogP contribution in [0.15, 0.2) is 24.3 Å². The molecule has 0 fully saturated rings. The number of halogens is 17. The topological polar surface area (TPSA) is 20.2 Å². The van der Waals surface area contributed by atoms with Crippen molar-refractivity contribution in [1.82, 2.24) is 0 Å². The van der Waals surface area contributed by atoms with Gasteiger partial charge in [0.2, 0.25) is 0 Å². The van der Waals surface area contributed by atoms with Crippen molar-refractivity contribution < 1.29 is 79.7 Å². The van der Waals surface area contributed by atoms with Gasteiger partial charge in [-0.15, -0.1) is 0 Å². The maximum Gasteiger partial charge on any atom is 0.460 e. The molecule has 0 bridgehead atoms. The monoisotopic (exact) mass is 610 g/mol. The van der Waals surface area contributed by atoms with Crippen molar-refractivity contribution >= 4 is 0 Å². The molecule has 0 saturated heterocycles. The predicted molar refractivity (Wildman–Crippen MR) is 100 cm³/mol. The van der Waals surface area contributed by atoms with Crippen LogP contribution in [0.4, 0.5) is 74.6 Å². The number of alkyl halides is 17. The first-order chi connectivity index (χ1) is 16.7. The molecule has 0 amide bonds. The van der Waals surface area contributed by atoms with Crippen LogP contribution < -0.4 is 0 Å². The molecule has 1 aromatic carbocycles. The van der Waals surface area contributed by atoms with Gasteiger partial charge in [-0.2, -0.15) is 74.6 Å². The molecule has 0 radical (unpaired) electrons. The van der Waals surface area contributed by atoms with Crippen LogP contribution >= 0.6 is 0 Å². The molecule has 1 rings (SSSR count). The van der Waals surface area contributed by atoms with Gasteiger partial charge in [0.15, 0.2) is 0 Å². The highest BCUT2D eigenvalue weighted by atomic mass is 19.4. The Morgan fingerprint density at radius 2 is 0.795 bits per heavy atom. The molecule has 0 aliphatic rings. The molecule has 0 aliphatic heterocycles. The molecular formula is C21H19F17O. The predicted octanol–water partition coefficient (Wildman–Crippen LogP) is 8.59. The average Bonchev–Trinajstić information content (AvgIpc) is 2.70. The van der Waals surface area contributed by atoms with E-state index in [0.717, 1.165) is 18.2 Å². The normalized spacial score (nSPS) is 17.3. The Morgan fingerprint density at radius 1 is 0.487 bits per heavy atom. The summed E-state index contributed by atoms with van der Waals surface area (Å²) >= 11 is 0. The summed E-state index contributed by atoms with van der Waals surface area (Å²) < 4.78 is 229. The van der Waals surface area contributed by atoms with E-state index in [2.05, 4.69) is 0 Å².